The average molecular weight is 380 g/mol. The summed E-state index contributed by atoms with van der Waals surface area (Å²) in [5.74, 6) is -2.01. The van der Waals surface area contributed by atoms with E-state index in [1.54, 1.807) is 50.2 Å². The third-order valence-corrected chi connectivity index (χ3v) is 4.54. The lowest BCUT2D eigenvalue weighted by Crippen LogP contribution is -2.50. The van der Waals surface area contributed by atoms with Gasteiger partial charge in [-0.15, -0.1) is 0 Å². The molecule has 0 bridgehead atoms. The van der Waals surface area contributed by atoms with E-state index in [0.717, 1.165) is 0 Å². The zero-order valence-corrected chi connectivity index (χ0v) is 15.6. The molecule has 1 amide bonds. The van der Waals surface area contributed by atoms with Gasteiger partial charge in [-0.3, -0.25) is 9.69 Å². The van der Waals surface area contributed by atoms with Crippen molar-refractivity contribution in [2.75, 3.05) is 11.5 Å². The fourth-order valence-electron chi connectivity index (χ4n) is 3.21. The van der Waals surface area contributed by atoms with E-state index >= 15 is 0 Å². The third kappa shape index (κ3) is 3.51. The number of hydrogen-bond donors (Lipinski definition) is 1. The number of carbonyl (C=O) groups is 3. The van der Waals surface area contributed by atoms with Gasteiger partial charge in [-0.2, -0.15) is 0 Å². The molecule has 0 radical (unpaired) electrons. The zero-order valence-electron chi connectivity index (χ0n) is 15.6. The van der Waals surface area contributed by atoms with Crippen molar-refractivity contribution in [3.8, 4) is 0 Å². The second kappa shape index (κ2) is 7.64. The Morgan fingerprint density at radius 3 is 2.54 bits per heavy atom. The molecule has 28 heavy (non-hydrogen) atoms. The van der Waals surface area contributed by atoms with Gasteiger partial charge in [0, 0.05) is 12.1 Å². The van der Waals surface area contributed by atoms with Crippen LogP contribution in [0.2, 0.25) is 0 Å². The van der Waals surface area contributed by atoms with Crippen molar-refractivity contribution in [3.05, 3.63) is 60.2 Å². The van der Waals surface area contributed by atoms with Crippen molar-refractivity contribution in [2.45, 2.75) is 25.8 Å². The van der Waals surface area contributed by atoms with Crippen molar-refractivity contribution in [3.63, 3.8) is 0 Å². The molecule has 2 aromatic carbocycles. The first-order valence-electron chi connectivity index (χ1n) is 8.84. The summed E-state index contributed by atoms with van der Waals surface area (Å²) < 4.78 is 5.21. The smallest absolute Gasteiger partial charge is 0.335 e. The number of carbonyl (C=O) groups excluding carboxylic acids is 2. The fraction of sp³-hybridized carbons (Fsp3) is 0.238. The minimum absolute atomic E-state index is 0.0524. The summed E-state index contributed by atoms with van der Waals surface area (Å²) in [6.45, 7) is 3.54. The molecule has 1 N–H and O–H groups in total. The molecule has 1 saturated heterocycles. The predicted octanol–water partition coefficient (Wildman–Crippen LogP) is 3.22. The summed E-state index contributed by atoms with van der Waals surface area (Å²) in [5.41, 5.74) is -0.100. The van der Waals surface area contributed by atoms with Crippen molar-refractivity contribution >= 4 is 34.9 Å². The summed E-state index contributed by atoms with van der Waals surface area (Å²) in [7, 11) is 0. The summed E-state index contributed by atoms with van der Waals surface area (Å²) in [5, 5.41) is 9.14. The lowest BCUT2D eigenvalue weighted by molar-refractivity contribution is -0.149. The van der Waals surface area contributed by atoms with Crippen LogP contribution < -0.4 is 4.90 Å². The van der Waals surface area contributed by atoms with Gasteiger partial charge in [0.2, 0.25) is 0 Å². The maximum Gasteiger partial charge on any atom is 0.335 e. The van der Waals surface area contributed by atoms with Crippen molar-refractivity contribution < 1.29 is 24.2 Å². The molecule has 7 nitrogen and oxygen atoms in total. The van der Waals surface area contributed by atoms with E-state index in [9.17, 15) is 14.4 Å². The van der Waals surface area contributed by atoms with Crippen LogP contribution in [0.25, 0.3) is 0 Å². The number of ether oxygens (including phenoxy) is 1. The van der Waals surface area contributed by atoms with Gasteiger partial charge in [0.1, 0.15) is 11.3 Å². The van der Waals surface area contributed by atoms with Gasteiger partial charge >= 0.3 is 11.9 Å². The number of para-hydroxylation sites is 1. The van der Waals surface area contributed by atoms with E-state index in [0.29, 0.717) is 11.4 Å². The summed E-state index contributed by atoms with van der Waals surface area (Å²) in [6.07, 6.45) is 0.0524. The molecule has 0 aromatic heterocycles. The summed E-state index contributed by atoms with van der Waals surface area (Å²) >= 11 is 0. The highest BCUT2D eigenvalue weighted by molar-refractivity contribution is 6.48. The molecule has 2 aromatic rings. The van der Waals surface area contributed by atoms with Crippen LogP contribution in [0.15, 0.2) is 59.6 Å². The second-order valence-electron chi connectivity index (χ2n) is 6.56. The minimum atomic E-state index is -1.24. The van der Waals surface area contributed by atoms with Gasteiger partial charge in [0.15, 0.2) is 0 Å². The van der Waals surface area contributed by atoms with Gasteiger partial charge in [0.05, 0.1) is 17.9 Å². The summed E-state index contributed by atoms with van der Waals surface area (Å²) in [4.78, 5) is 42.7. The van der Waals surface area contributed by atoms with Crippen molar-refractivity contribution in [1.29, 1.82) is 0 Å². The Bertz CT molecular complexity index is 954. The van der Waals surface area contributed by atoms with Gasteiger partial charge in [-0.25, -0.2) is 14.6 Å². The molecule has 1 unspecified atom stereocenters. The van der Waals surface area contributed by atoms with Crippen molar-refractivity contribution in [1.82, 2.24) is 0 Å². The van der Waals surface area contributed by atoms with Crippen LogP contribution in [-0.2, 0) is 14.3 Å². The number of aromatic carboxylic acids is 1. The number of hydrogen-bond acceptors (Lipinski definition) is 5. The lowest BCUT2D eigenvalue weighted by atomic mass is 9.98. The van der Waals surface area contributed by atoms with Crippen LogP contribution in [0.5, 0.6) is 0 Å². The van der Waals surface area contributed by atoms with Crippen LogP contribution in [0.1, 0.15) is 30.6 Å². The highest BCUT2D eigenvalue weighted by Crippen LogP contribution is 2.35. The Balaban J connectivity index is 2.05. The predicted molar refractivity (Wildman–Crippen MR) is 104 cm³/mol. The summed E-state index contributed by atoms with van der Waals surface area (Å²) in [6, 6.07) is 14.8. The zero-order chi connectivity index (χ0) is 20.3. The maximum atomic E-state index is 13.1. The Morgan fingerprint density at radius 2 is 1.89 bits per heavy atom. The number of anilines is 1. The van der Waals surface area contributed by atoms with Gasteiger partial charge in [0.25, 0.3) is 5.91 Å². The Labute approximate surface area is 162 Å². The molecule has 1 heterocycles. The Morgan fingerprint density at radius 1 is 1.18 bits per heavy atom. The van der Waals surface area contributed by atoms with Crippen LogP contribution >= 0.6 is 0 Å². The van der Waals surface area contributed by atoms with E-state index in [1.807, 2.05) is 6.07 Å². The molecule has 7 heteroatoms. The molecule has 0 aliphatic carbocycles. The molecule has 1 aliphatic heterocycles. The van der Waals surface area contributed by atoms with Crippen molar-refractivity contribution in [2.24, 2.45) is 4.99 Å². The van der Waals surface area contributed by atoms with E-state index in [1.165, 1.54) is 17.0 Å². The molecule has 1 aliphatic rings. The number of carboxylic acid groups (broad SMARTS) is 1. The molecule has 1 fully saturated rings. The minimum Gasteiger partial charge on any atom is -0.478 e. The molecular formula is C21H20N2O5. The van der Waals surface area contributed by atoms with Gasteiger partial charge in [-0.1, -0.05) is 24.3 Å². The maximum absolute atomic E-state index is 13.1. The van der Waals surface area contributed by atoms with Crippen LogP contribution in [0.3, 0.4) is 0 Å². The fourth-order valence-corrected chi connectivity index (χ4v) is 3.21. The molecule has 3 rings (SSSR count). The largest absolute Gasteiger partial charge is 0.478 e. The van der Waals surface area contributed by atoms with Gasteiger partial charge in [-0.05, 0) is 44.2 Å². The molecule has 1 atom stereocenters. The number of esters is 1. The number of carboxylic acids is 1. The molecular weight excluding hydrogens is 360 g/mol. The number of amides is 1. The highest BCUT2D eigenvalue weighted by Gasteiger charge is 2.53. The molecule has 0 saturated carbocycles. The SMILES string of the molecule is CCOC(=O)C1(C)CC(=Nc2cccc(C(=O)O)c2)C(=O)N1c1ccccc1. The van der Waals surface area contributed by atoms with Crippen LogP contribution in [0.4, 0.5) is 11.4 Å². The van der Waals surface area contributed by atoms with E-state index in [-0.39, 0.29) is 24.3 Å². The van der Waals surface area contributed by atoms with Crippen LogP contribution in [-0.4, -0.2) is 40.8 Å². The first-order chi connectivity index (χ1) is 13.4. The van der Waals surface area contributed by atoms with E-state index in [4.69, 9.17) is 9.84 Å². The molecule has 144 valence electrons. The molecule has 0 spiro atoms. The number of rotatable bonds is 5. The normalized spacial score (nSPS) is 20.4. The average Bonchev–Trinajstić information content (AvgIpc) is 2.94. The van der Waals surface area contributed by atoms with E-state index < -0.39 is 23.4 Å². The van der Waals surface area contributed by atoms with Gasteiger partial charge < -0.3 is 9.84 Å². The third-order valence-electron chi connectivity index (χ3n) is 4.54. The lowest BCUT2D eigenvalue weighted by Gasteiger charge is -2.32. The monoisotopic (exact) mass is 380 g/mol. The number of nitrogens with zero attached hydrogens (tertiary/aromatic N) is 2. The second-order valence-corrected chi connectivity index (χ2v) is 6.56. The quantitative estimate of drug-likeness (QED) is 0.804. The highest BCUT2D eigenvalue weighted by atomic mass is 16.5. The number of benzene rings is 2. The Kier molecular flexibility index (Phi) is 5.26. The van der Waals surface area contributed by atoms with Crippen LogP contribution in [0, 0.1) is 0 Å². The first-order valence-corrected chi connectivity index (χ1v) is 8.84. The number of aliphatic imine (C=N–C) groups is 1. The topological polar surface area (TPSA) is 96.3 Å². The Hall–Kier alpha value is -3.48. The van der Waals surface area contributed by atoms with E-state index in [2.05, 4.69) is 4.99 Å². The first kappa shape index (κ1) is 19.3. The standard InChI is InChI=1S/C21H20N2O5/c1-3-28-20(27)21(2)13-17(18(24)23(21)16-10-5-4-6-11-16)22-15-9-7-8-14(12-15)19(25)26/h4-12H,3,13H2,1-2H3,(H,25,26).